The summed E-state index contributed by atoms with van der Waals surface area (Å²) in [6.45, 7) is 1.08. The molecule has 0 atom stereocenters. The van der Waals surface area contributed by atoms with Gasteiger partial charge in [0.05, 0.1) is 27.7 Å². The standard InChI is InChI=1S/C15H13ClF3N3O3S/c1-22-4-5-25-13-3-2-10(7-12(13)22)26(23,24)21-14-11(16)6-9(8-20-14)15(17,18)19/h2-3,6-8H,4-5H2,1H3,(H,20,21). The van der Waals surface area contributed by atoms with E-state index in [0.717, 1.165) is 0 Å². The number of ether oxygens (including phenoxy) is 1. The smallest absolute Gasteiger partial charge is 0.417 e. The minimum Gasteiger partial charge on any atom is -0.490 e. The Morgan fingerprint density at radius 2 is 2.04 bits per heavy atom. The maximum atomic E-state index is 12.6. The van der Waals surface area contributed by atoms with Crippen molar-refractivity contribution < 1.29 is 26.3 Å². The Morgan fingerprint density at radius 1 is 1.31 bits per heavy atom. The Balaban J connectivity index is 1.91. The van der Waals surface area contributed by atoms with Crippen LogP contribution in [0.25, 0.3) is 0 Å². The lowest BCUT2D eigenvalue weighted by Gasteiger charge is -2.28. The van der Waals surface area contributed by atoms with Crippen molar-refractivity contribution in [1.82, 2.24) is 4.98 Å². The second-order valence-corrected chi connectivity index (χ2v) is 7.65. The van der Waals surface area contributed by atoms with E-state index in [-0.39, 0.29) is 10.7 Å². The van der Waals surface area contributed by atoms with Gasteiger partial charge in [-0.1, -0.05) is 11.6 Å². The molecule has 1 aliphatic heterocycles. The molecule has 0 bridgehead atoms. The Bertz CT molecular complexity index is 951. The first-order chi connectivity index (χ1) is 12.1. The summed E-state index contributed by atoms with van der Waals surface area (Å²) < 4.78 is 70.6. The number of anilines is 2. The highest BCUT2D eigenvalue weighted by atomic mass is 35.5. The number of aromatic nitrogens is 1. The summed E-state index contributed by atoms with van der Waals surface area (Å²) in [6.07, 6.45) is -4.12. The summed E-state index contributed by atoms with van der Waals surface area (Å²) in [7, 11) is -2.31. The number of hydrogen-bond donors (Lipinski definition) is 1. The molecule has 2 heterocycles. The Morgan fingerprint density at radius 3 is 2.69 bits per heavy atom. The van der Waals surface area contributed by atoms with Crippen LogP contribution in [0.1, 0.15) is 5.56 Å². The van der Waals surface area contributed by atoms with Crippen molar-refractivity contribution in [1.29, 1.82) is 0 Å². The van der Waals surface area contributed by atoms with Gasteiger partial charge in [0.1, 0.15) is 12.4 Å². The molecule has 0 spiro atoms. The second-order valence-electron chi connectivity index (χ2n) is 5.56. The van der Waals surface area contributed by atoms with Gasteiger partial charge < -0.3 is 9.64 Å². The molecule has 26 heavy (non-hydrogen) atoms. The van der Waals surface area contributed by atoms with Crippen LogP contribution in [0.15, 0.2) is 35.4 Å². The monoisotopic (exact) mass is 407 g/mol. The first-order valence-electron chi connectivity index (χ1n) is 7.31. The van der Waals surface area contributed by atoms with Crippen molar-refractivity contribution in [3.05, 3.63) is 41.0 Å². The predicted octanol–water partition coefficient (Wildman–Crippen LogP) is 3.38. The highest BCUT2D eigenvalue weighted by Gasteiger charge is 2.32. The molecule has 1 aromatic heterocycles. The van der Waals surface area contributed by atoms with E-state index in [9.17, 15) is 21.6 Å². The van der Waals surface area contributed by atoms with Crippen molar-refractivity contribution in [2.75, 3.05) is 29.8 Å². The number of pyridine rings is 1. The zero-order valence-corrected chi connectivity index (χ0v) is 14.9. The molecule has 0 saturated carbocycles. The van der Waals surface area contributed by atoms with Crippen LogP contribution in [-0.4, -0.2) is 33.6 Å². The molecule has 0 fully saturated rings. The molecule has 1 aromatic carbocycles. The first kappa shape index (κ1) is 18.6. The molecule has 140 valence electrons. The van der Waals surface area contributed by atoms with Crippen LogP contribution < -0.4 is 14.4 Å². The number of alkyl halides is 3. The van der Waals surface area contributed by atoms with Crippen molar-refractivity contribution in [2.24, 2.45) is 0 Å². The summed E-state index contributed by atoms with van der Waals surface area (Å²) in [5.74, 6) is 0.158. The van der Waals surface area contributed by atoms with E-state index in [4.69, 9.17) is 16.3 Å². The van der Waals surface area contributed by atoms with Crippen LogP contribution in [0.4, 0.5) is 24.7 Å². The van der Waals surface area contributed by atoms with E-state index < -0.39 is 26.8 Å². The van der Waals surface area contributed by atoms with Crippen molar-refractivity contribution in [3.8, 4) is 5.75 Å². The van der Waals surface area contributed by atoms with Crippen LogP contribution in [0.3, 0.4) is 0 Å². The minimum atomic E-state index is -4.63. The molecule has 3 rings (SSSR count). The lowest BCUT2D eigenvalue weighted by molar-refractivity contribution is -0.137. The maximum Gasteiger partial charge on any atom is 0.417 e. The number of sulfonamides is 1. The third kappa shape index (κ3) is 3.65. The van der Waals surface area contributed by atoms with Gasteiger partial charge >= 0.3 is 6.18 Å². The molecule has 1 aliphatic rings. The topological polar surface area (TPSA) is 71.5 Å². The van der Waals surface area contributed by atoms with Gasteiger partial charge in [0.25, 0.3) is 10.0 Å². The van der Waals surface area contributed by atoms with E-state index in [2.05, 4.69) is 9.71 Å². The van der Waals surface area contributed by atoms with Crippen LogP contribution >= 0.6 is 11.6 Å². The number of likely N-dealkylation sites (N-methyl/N-ethyl adjacent to an activating group) is 1. The first-order valence-corrected chi connectivity index (χ1v) is 9.17. The largest absolute Gasteiger partial charge is 0.490 e. The fourth-order valence-electron chi connectivity index (χ4n) is 2.35. The molecular formula is C15H13ClF3N3O3S. The second kappa shape index (κ2) is 6.51. The SMILES string of the molecule is CN1CCOc2ccc(S(=O)(=O)Nc3ncc(C(F)(F)F)cc3Cl)cc21. The van der Waals surface area contributed by atoms with Gasteiger partial charge in [-0.3, -0.25) is 4.72 Å². The van der Waals surface area contributed by atoms with Crippen molar-refractivity contribution >= 4 is 33.1 Å². The van der Waals surface area contributed by atoms with Crippen LogP contribution in [0, 0.1) is 0 Å². The molecule has 0 saturated heterocycles. The van der Waals surface area contributed by atoms with Crippen LogP contribution in [0.2, 0.25) is 5.02 Å². The molecule has 6 nitrogen and oxygen atoms in total. The van der Waals surface area contributed by atoms with Crippen LogP contribution in [0.5, 0.6) is 5.75 Å². The average molecular weight is 408 g/mol. The summed E-state index contributed by atoms with van der Waals surface area (Å²) in [5, 5.41) is -0.457. The van der Waals surface area contributed by atoms with Gasteiger partial charge in [0.2, 0.25) is 0 Å². The van der Waals surface area contributed by atoms with Gasteiger partial charge in [0, 0.05) is 13.2 Å². The highest BCUT2D eigenvalue weighted by Crippen LogP contribution is 2.35. The average Bonchev–Trinajstić information content (AvgIpc) is 2.55. The summed E-state index contributed by atoms with van der Waals surface area (Å²) >= 11 is 5.75. The third-order valence-corrected chi connectivity index (χ3v) is 5.36. The highest BCUT2D eigenvalue weighted by molar-refractivity contribution is 7.92. The van der Waals surface area contributed by atoms with Gasteiger partial charge in [-0.15, -0.1) is 0 Å². The van der Waals surface area contributed by atoms with E-state index >= 15 is 0 Å². The van der Waals surface area contributed by atoms with E-state index in [1.165, 1.54) is 18.2 Å². The number of fused-ring (bicyclic) bond motifs is 1. The lowest BCUT2D eigenvalue weighted by Crippen LogP contribution is -2.29. The molecule has 0 amide bonds. The summed E-state index contributed by atoms with van der Waals surface area (Å²) in [6, 6.07) is 4.87. The van der Waals surface area contributed by atoms with Gasteiger partial charge in [-0.25, -0.2) is 13.4 Å². The van der Waals surface area contributed by atoms with Gasteiger partial charge in [0.15, 0.2) is 5.82 Å². The van der Waals surface area contributed by atoms with E-state index in [0.29, 0.717) is 36.9 Å². The molecule has 11 heteroatoms. The summed E-state index contributed by atoms with van der Waals surface area (Å²) in [4.78, 5) is 5.22. The Hall–Kier alpha value is -2.20. The Labute approximate surface area is 152 Å². The molecule has 1 N–H and O–H groups in total. The minimum absolute atomic E-state index is 0.0913. The molecule has 0 unspecified atom stereocenters. The fourth-order valence-corrected chi connectivity index (χ4v) is 3.67. The maximum absolute atomic E-state index is 12.6. The lowest BCUT2D eigenvalue weighted by atomic mass is 10.2. The number of nitrogens with zero attached hydrogens (tertiary/aromatic N) is 2. The fraction of sp³-hybridized carbons (Fsp3) is 0.267. The van der Waals surface area contributed by atoms with E-state index in [1.807, 2.05) is 4.90 Å². The number of nitrogens with one attached hydrogen (secondary N) is 1. The normalized spacial score (nSPS) is 14.6. The molecule has 0 aliphatic carbocycles. The van der Waals surface area contributed by atoms with Crippen LogP contribution in [-0.2, 0) is 16.2 Å². The summed E-state index contributed by atoms with van der Waals surface area (Å²) in [5.41, 5.74) is -0.483. The zero-order chi connectivity index (χ0) is 19.1. The molecule has 2 aromatic rings. The zero-order valence-electron chi connectivity index (χ0n) is 13.3. The number of hydrogen-bond acceptors (Lipinski definition) is 5. The quantitative estimate of drug-likeness (QED) is 0.844. The Kier molecular flexibility index (Phi) is 4.65. The molecular weight excluding hydrogens is 395 g/mol. The number of benzene rings is 1. The van der Waals surface area contributed by atoms with Crippen molar-refractivity contribution in [3.63, 3.8) is 0 Å². The third-order valence-electron chi connectivity index (χ3n) is 3.74. The predicted molar refractivity (Wildman–Crippen MR) is 90.3 cm³/mol. The van der Waals surface area contributed by atoms with Crippen molar-refractivity contribution in [2.45, 2.75) is 11.1 Å². The molecule has 0 radical (unpaired) electrons. The number of rotatable bonds is 3. The van der Waals surface area contributed by atoms with Gasteiger partial charge in [-0.2, -0.15) is 13.2 Å². The number of halogens is 4. The van der Waals surface area contributed by atoms with E-state index in [1.54, 1.807) is 7.05 Å². The van der Waals surface area contributed by atoms with Gasteiger partial charge in [-0.05, 0) is 24.3 Å².